The molecule has 3 amide bonds. The number of benzene rings is 1. The summed E-state index contributed by atoms with van der Waals surface area (Å²) in [5.74, 6) is -0.680. The molecule has 1 saturated heterocycles. The molecule has 1 atom stereocenters. The number of aromatic amines is 1. The van der Waals surface area contributed by atoms with E-state index in [-0.39, 0.29) is 17.6 Å². The first-order chi connectivity index (χ1) is 16.4. The second kappa shape index (κ2) is 10.3. The Kier molecular flexibility index (Phi) is 7.67. The minimum absolute atomic E-state index is 0.169. The summed E-state index contributed by atoms with van der Waals surface area (Å²) in [7, 11) is 0. The predicted octanol–water partition coefficient (Wildman–Crippen LogP) is 5.24. The van der Waals surface area contributed by atoms with Gasteiger partial charge in [0.15, 0.2) is 0 Å². The van der Waals surface area contributed by atoms with Gasteiger partial charge in [-0.25, -0.2) is 9.18 Å². The first kappa shape index (κ1) is 26.0. The molecule has 1 aromatic carbocycles. The van der Waals surface area contributed by atoms with Gasteiger partial charge in [0.05, 0.1) is 11.3 Å². The van der Waals surface area contributed by atoms with Crippen LogP contribution < -0.4 is 10.6 Å². The first-order valence-electron chi connectivity index (χ1n) is 11.6. The number of likely N-dealkylation sites (tertiary alicyclic amines) is 1. The van der Waals surface area contributed by atoms with Gasteiger partial charge in [-0.05, 0) is 84.2 Å². The fourth-order valence-electron chi connectivity index (χ4n) is 4.17. The van der Waals surface area contributed by atoms with Crippen molar-refractivity contribution in [1.82, 2.24) is 9.88 Å². The highest BCUT2D eigenvalue weighted by Gasteiger charge is 2.29. The van der Waals surface area contributed by atoms with E-state index < -0.39 is 5.82 Å². The number of hydrogen-bond acceptors (Lipinski definition) is 4. The number of amides is 3. The van der Waals surface area contributed by atoms with Crippen LogP contribution in [-0.2, 0) is 14.3 Å². The average Bonchev–Trinajstić information content (AvgIpc) is 3.40. The number of nitrogens with zero attached hydrogens (tertiary/aromatic N) is 1. The summed E-state index contributed by atoms with van der Waals surface area (Å²) in [4.78, 5) is 39.2. The van der Waals surface area contributed by atoms with Crippen molar-refractivity contribution in [2.45, 2.75) is 66.0 Å². The van der Waals surface area contributed by atoms with Gasteiger partial charge in [0.2, 0.25) is 6.41 Å². The normalized spacial score (nSPS) is 18.0. The molecule has 2 aliphatic rings. The maximum Gasteiger partial charge on any atom is 0.410 e. The molecule has 3 heterocycles. The van der Waals surface area contributed by atoms with Gasteiger partial charge >= 0.3 is 6.09 Å². The van der Waals surface area contributed by atoms with Crippen LogP contribution in [0.15, 0.2) is 18.2 Å². The zero-order chi connectivity index (χ0) is 25.9. The number of fused-ring (bicyclic) bond motifs is 1. The number of carbonyl (C=O) groups excluding carboxylic acids is 3. The summed E-state index contributed by atoms with van der Waals surface area (Å²) in [6.45, 7) is 12.3. The molecule has 0 saturated carbocycles. The van der Waals surface area contributed by atoms with Crippen molar-refractivity contribution < 1.29 is 23.5 Å². The summed E-state index contributed by atoms with van der Waals surface area (Å²) < 4.78 is 18.7. The third kappa shape index (κ3) is 6.09. The Morgan fingerprint density at radius 1 is 1.29 bits per heavy atom. The van der Waals surface area contributed by atoms with E-state index in [2.05, 4.69) is 22.5 Å². The lowest BCUT2D eigenvalue weighted by Gasteiger charge is -2.26. The average molecular weight is 485 g/mol. The van der Waals surface area contributed by atoms with Crippen LogP contribution in [0.2, 0.25) is 0 Å². The largest absolute Gasteiger partial charge is 0.444 e. The van der Waals surface area contributed by atoms with E-state index in [0.717, 1.165) is 30.6 Å². The summed E-state index contributed by atoms with van der Waals surface area (Å²) in [5.41, 5.74) is 4.11. The summed E-state index contributed by atoms with van der Waals surface area (Å²) in [5, 5.41) is 5.33. The van der Waals surface area contributed by atoms with E-state index in [1.807, 2.05) is 39.5 Å². The lowest BCUT2D eigenvalue weighted by molar-refractivity contribution is -0.110. The van der Waals surface area contributed by atoms with Gasteiger partial charge in [-0.3, -0.25) is 9.59 Å². The number of halogens is 1. The number of hydrogen-bond donors (Lipinski definition) is 3. The van der Waals surface area contributed by atoms with Crippen LogP contribution in [0.5, 0.6) is 0 Å². The number of aromatic nitrogens is 1. The molecule has 8 nitrogen and oxygen atoms in total. The van der Waals surface area contributed by atoms with E-state index in [4.69, 9.17) is 4.74 Å². The molecular weight excluding hydrogens is 451 g/mol. The fourth-order valence-corrected chi connectivity index (χ4v) is 4.17. The van der Waals surface area contributed by atoms with Crippen molar-refractivity contribution >= 4 is 41.4 Å². The van der Waals surface area contributed by atoms with Gasteiger partial charge in [0.1, 0.15) is 11.4 Å². The van der Waals surface area contributed by atoms with Crippen molar-refractivity contribution in [3.8, 4) is 0 Å². The maximum atomic E-state index is 13.4. The van der Waals surface area contributed by atoms with Crippen molar-refractivity contribution in [3.05, 3.63) is 46.5 Å². The molecule has 0 radical (unpaired) electrons. The predicted molar refractivity (Wildman–Crippen MR) is 134 cm³/mol. The lowest BCUT2D eigenvalue weighted by Crippen LogP contribution is -2.38. The van der Waals surface area contributed by atoms with Crippen molar-refractivity contribution in [1.29, 1.82) is 0 Å². The molecule has 0 aliphatic carbocycles. The molecule has 9 heteroatoms. The van der Waals surface area contributed by atoms with Gasteiger partial charge < -0.3 is 25.3 Å². The highest BCUT2D eigenvalue weighted by atomic mass is 19.1. The molecule has 188 valence electrons. The van der Waals surface area contributed by atoms with Crippen LogP contribution in [0.3, 0.4) is 0 Å². The smallest absolute Gasteiger partial charge is 0.410 e. The molecule has 1 unspecified atom stereocenters. The van der Waals surface area contributed by atoms with Crippen LogP contribution in [-0.4, -0.2) is 46.5 Å². The van der Waals surface area contributed by atoms with E-state index >= 15 is 0 Å². The summed E-state index contributed by atoms with van der Waals surface area (Å²) in [6, 6.07) is 4.51. The molecule has 2 aromatic rings. The topological polar surface area (TPSA) is 104 Å². The quantitative estimate of drug-likeness (QED) is 0.410. The third-order valence-corrected chi connectivity index (χ3v) is 5.91. The number of rotatable bonds is 3. The molecule has 1 aromatic heterocycles. The molecule has 0 spiro atoms. The van der Waals surface area contributed by atoms with Gasteiger partial charge in [0.25, 0.3) is 5.91 Å². The molecule has 1 fully saturated rings. The number of carbonyl (C=O) groups is 3. The van der Waals surface area contributed by atoms with E-state index in [9.17, 15) is 18.8 Å². The molecule has 4 rings (SSSR count). The van der Waals surface area contributed by atoms with Crippen LogP contribution in [0.4, 0.5) is 20.6 Å². The van der Waals surface area contributed by atoms with Crippen LogP contribution in [0.25, 0.3) is 11.6 Å². The molecule has 2 aliphatic heterocycles. The van der Waals surface area contributed by atoms with Gasteiger partial charge in [-0.1, -0.05) is 0 Å². The fraction of sp³-hybridized carbons (Fsp3) is 0.423. The number of aryl methyl sites for hydroxylation is 1. The first-order valence-corrected chi connectivity index (χ1v) is 11.6. The van der Waals surface area contributed by atoms with E-state index in [0.29, 0.717) is 40.7 Å². The SMILES string of the molecule is CC1CCCN1C(=O)OC(C)(C)C.Cc1[nH]c(/C=C2\C(=O)Nc3ccc(F)cc32)c(C)c1NC=O. The van der Waals surface area contributed by atoms with E-state index in [1.165, 1.54) is 18.2 Å². The summed E-state index contributed by atoms with van der Waals surface area (Å²) in [6.07, 6.45) is 4.29. The number of nitrogens with one attached hydrogen (secondary N) is 3. The lowest BCUT2D eigenvalue weighted by atomic mass is 10.0. The summed E-state index contributed by atoms with van der Waals surface area (Å²) >= 11 is 0. The Hall–Kier alpha value is -3.62. The molecule has 3 N–H and O–H groups in total. The van der Waals surface area contributed by atoms with Gasteiger partial charge in [0, 0.05) is 35.2 Å². The number of ether oxygens (including phenoxy) is 1. The zero-order valence-corrected chi connectivity index (χ0v) is 21.0. The highest BCUT2D eigenvalue weighted by molar-refractivity contribution is 6.34. The third-order valence-electron chi connectivity index (χ3n) is 5.91. The molecule has 0 bridgehead atoms. The maximum absolute atomic E-state index is 13.4. The van der Waals surface area contributed by atoms with Gasteiger partial charge in [-0.15, -0.1) is 0 Å². The molecule has 35 heavy (non-hydrogen) atoms. The Morgan fingerprint density at radius 2 is 2.00 bits per heavy atom. The number of H-pyrrole nitrogens is 1. The Bertz CT molecular complexity index is 1160. The van der Waals surface area contributed by atoms with Crippen LogP contribution in [0.1, 0.15) is 63.1 Å². The van der Waals surface area contributed by atoms with E-state index in [1.54, 1.807) is 6.08 Å². The van der Waals surface area contributed by atoms with Crippen LogP contribution >= 0.6 is 0 Å². The highest BCUT2D eigenvalue weighted by Crippen LogP contribution is 2.35. The number of anilines is 2. The Morgan fingerprint density at radius 3 is 2.60 bits per heavy atom. The van der Waals surface area contributed by atoms with Crippen LogP contribution in [0, 0.1) is 19.7 Å². The second-order valence-electron chi connectivity index (χ2n) is 9.79. The van der Waals surface area contributed by atoms with Crippen molar-refractivity contribution in [2.75, 3.05) is 17.2 Å². The van der Waals surface area contributed by atoms with Crippen molar-refractivity contribution in [2.24, 2.45) is 0 Å². The zero-order valence-electron chi connectivity index (χ0n) is 21.0. The Balaban J connectivity index is 0.000000225. The monoisotopic (exact) mass is 484 g/mol. The second-order valence-corrected chi connectivity index (χ2v) is 9.79. The van der Waals surface area contributed by atoms with Gasteiger partial charge in [-0.2, -0.15) is 0 Å². The van der Waals surface area contributed by atoms with Crippen molar-refractivity contribution in [3.63, 3.8) is 0 Å². The molecular formula is C26H33FN4O4. The minimum atomic E-state index is -0.399. The minimum Gasteiger partial charge on any atom is -0.444 e. The standard InChI is InChI=1S/C16H14FN3O2.C10H19NO2/c1-8-14(19-9(2)15(8)18-7-21)6-12-11-5-10(17)3-4-13(11)20-16(12)22;1-8-6-5-7-11(8)9(12)13-10(2,3)4/h3-7,19H,1-2H3,(H,18,21)(H,20,22);8H,5-7H2,1-4H3/b12-6-;. The Labute approximate surface area is 204 Å².